The summed E-state index contributed by atoms with van der Waals surface area (Å²) in [5, 5.41) is 3.44. The first-order valence-corrected chi connectivity index (χ1v) is 5.22. The number of rotatable bonds is 5. The van der Waals surface area contributed by atoms with Gasteiger partial charge in [-0.2, -0.15) is 0 Å². The lowest BCUT2D eigenvalue weighted by molar-refractivity contribution is 0.367. The number of para-hydroxylation sites is 1. The van der Waals surface area contributed by atoms with Gasteiger partial charge in [-0.05, 0) is 32.1 Å². The highest BCUT2D eigenvalue weighted by molar-refractivity contribution is 5.50. The monoisotopic (exact) mass is 192 g/mol. The molecular formula is C12H20N2. The number of hydrogen-bond donors (Lipinski definition) is 1. The van der Waals surface area contributed by atoms with Crippen molar-refractivity contribution in [3.05, 3.63) is 29.8 Å². The van der Waals surface area contributed by atoms with E-state index in [1.165, 1.54) is 11.3 Å². The fourth-order valence-corrected chi connectivity index (χ4v) is 1.31. The van der Waals surface area contributed by atoms with E-state index < -0.39 is 0 Å². The second-order valence-electron chi connectivity index (χ2n) is 3.64. The van der Waals surface area contributed by atoms with Gasteiger partial charge in [0.05, 0.1) is 0 Å². The average molecular weight is 192 g/mol. The van der Waals surface area contributed by atoms with Gasteiger partial charge in [-0.15, -0.1) is 0 Å². The number of anilines is 1. The van der Waals surface area contributed by atoms with Crippen LogP contribution in [0.3, 0.4) is 0 Å². The number of nitrogens with zero attached hydrogens (tertiary/aromatic N) is 1. The van der Waals surface area contributed by atoms with E-state index in [1.807, 2.05) is 0 Å². The molecule has 0 fully saturated rings. The smallest absolute Gasteiger partial charge is 0.0370 e. The number of likely N-dealkylation sites (N-methyl/N-ethyl adjacent to an activating group) is 1. The number of aryl methyl sites for hydroxylation is 1. The molecule has 0 bridgehead atoms. The summed E-state index contributed by atoms with van der Waals surface area (Å²) in [6.45, 7) is 7.51. The summed E-state index contributed by atoms with van der Waals surface area (Å²) < 4.78 is 0. The topological polar surface area (TPSA) is 15.3 Å². The van der Waals surface area contributed by atoms with Crippen molar-refractivity contribution in [2.24, 2.45) is 0 Å². The molecule has 2 nitrogen and oxygen atoms in total. The second-order valence-corrected chi connectivity index (χ2v) is 3.64. The van der Waals surface area contributed by atoms with E-state index in [0.29, 0.717) is 0 Å². The van der Waals surface area contributed by atoms with Gasteiger partial charge in [-0.3, -0.25) is 0 Å². The molecular weight excluding hydrogens is 172 g/mol. The molecule has 0 atom stereocenters. The molecule has 14 heavy (non-hydrogen) atoms. The van der Waals surface area contributed by atoms with E-state index in [0.717, 1.165) is 19.6 Å². The summed E-state index contributed by atoms with van der Waals surface area (Å²) >= 11 is 0. The van der Waals surface area contributed by atoms with Crippen molar-refractivity contribution < 1.29 is 0 Å². The number of nitrogens with one attached hydrogen (secondary N) is 1. The lowest BCUT2D eigenvalue weighted by Crippen LogP contribution is -2.24. The Kier molecular flexibility index (Phi) is 4.47. The third-order valence-corrected chi connectivity index (χ3v) is 2.49. The van der Waals surface area contributed by atoms with Crippen LogP contribution in [0.5, 0.6) is 0 Å². The van der Waals surface area contributed by atoms with E-state index in [1.54, 1.807) is 0 Å². The van der Waals surface area contributed by atoms with Crippen LogP contribution in [0.4, 0.5) is 5.69 Å². The third kappa shape index (κ3) is 3.38. The largest absolute Gasteiger partial charge is 0.384 e. The minimum atomic E-state index is 1.01. The van der Waals surface area contributed by atoms with E-state index in [9.17, 15) is 0 Å². The first-order chi connectivity index (χ1) is 6.74. The first kappa shape index (κ1) is 11.1. The van der Waals surface area contributed by atoms with Crippen molar-refractivity contribution in [3.63, 3.8) is 0 Å². The molecule has 0 aliphatic rings. The number of hydrogen-bond acceptors (Lipinski definition) is 2. The Morgan fingerprint density at radius 3 is 2.64 bits per heavy atom. The minimum absolute atomic E-state index is 1.01. The van der Waals surface area contributed by atoms with Gasteiger partial charge in [0.1, 0.15) is 0 Å². The maximum Gasteiger partial charge on any atom is 0.0370 e. The molecule has 1 rings (SSSR count). The van der Waals surface area contributed by atoms with Crippen molar-refractivity contribution in [2.45, 2.75) is 13.8 Å². The van der Waals surface area contributed by atoms with Gasteiger partial charge in [0.2, 0.25) is 0 Å². The second kappa shape index (κ2) is 5.66. The molecule has 0 amide bonds. The maximum atomic E-state index is 3.44. The quantitative estimate of drug-likeness (QED) is 0.770. The van der Waals surface area contributed by atoms with Crippen molar-refractivity contribution >= 4 is 5.69 Å². The highest BCUT2D eigenvalue weighted by atomic mass is 15.1. The van der Waals surface area contributed by atoms with E-state index in [2.05, 4.69) is 55.4 Å². The zero-order chi connectivity index (χ0) is 10.4. The Balaban J connectivity index is 2.35. The number of benzene rings is 1. The molecule has 0 unspecified atom stereocenters. The van der Waals surface area contributed by atoms with E-state index in [-0.39, 0.29) is 0 Å². The molecule has 1 aromatic rings. The first-order valence-electron chi connectivity index (χ1n) is 5.22. The van der Waals surface area contributed by atoms with Crippen molar-refractivity contribution in [1.29, 1.82) is 0 Å². The van der Waals surface area contributed by atoms with Crippen LogP contribution in [0, 0.1) is 6.92 Å². The summed E-state index contributed by atoms with van der Waals surface area (Å²) in [5.74, 6) is 0. The normalized spacial score (nSPS) is 10.6. The molecule has 0 saturated carbocycles. The summed E-state index contributed by atoms with van der Waals surface area (Å²) in [5.41, 5.74) is 2.56. The van der Waals surface area contributed by atoms with Crippen LogP contribution < -0.4 is 5.32 Å². The summed E-state index contributed by atoms with van der Waals surface area (Å²) in [7, 11) is 2.14. The predicted octanol–water partition coefficient (Wildman–Crippen LogP) is 2.36. The van der Waals surface area contributed by atoms with Gasteiger partial charge in [0.25, 0.3) is 0 Å². The van der Waals surface area contributed by atoms with Crippen molar-refractivity contribution in [1.82, 2.24) is 4.90 Å². The van der Waals surface area contributed by atoms with Gasteiger partial charge >= 0.3 is 0 Å². The van der Waals surface area contributed by atoms with E-state index in [4.69, 9.17) is 0 Å². The molecule has 0 aromatic heterocycles. The summed E-state index contributed by atoms with van der Waals surface area (Å²) in [4.78, 5) is 2.30. The SMILES string of the molecule is CCN(C)CCNc1ccccc1C. The molecule has 0 radical (unpaired) electrons. The molecule has 0 spiro atoms. The van der Waals surface area contributed by atoms with Gasteiger partial charge in [0, 0.05) is 18.8 Å². The summed E-state index contributed by atoms with van der Waals surface area (Å²) in [6, 6.07) is 8.39. The Hall–Kier alpha value is -1.02. The van der Waals surface area contributed by atoms with Crippen LogP contribution in [0.25, 0.3) is 0 Å². The lowest BCUT2D eigenvalue weighted by atomic mass is 10.2. The van der Waals surface area contributed by atoms with Gasteiger partial charge < -0.3 is 10.2 Å². The molecule has 0 heterocycles. The standard InChI is InChI=1S/C12H20N2/c1-4-14(3)10-9-13-12-8-6-5-7-11(12)2/h5-8,13H,4,9-10H2,1-3H3. The minimum Gasteiger partial charge on any atom is -0.384 e. The van der Waals surface area contributed by atoms with E-state index >= 15 is 0 Å². The fraction of sp³-hybridized carbons (Fsp3) is 0.500. The van der Waals surface area contributed by atoms with Gasteiger partial charge in [0.15, 0.2) is 0 Å². The zero-order valence-corrected chi connectivity index (χ0v) is 9.38. The molecule has 1 N–H and O–H groups in total. The molecule has 2 heteroatoms. The maximum absolute atomic E-state index is 3.44. The molecule has 0 aliphatic carbocycles. The Morgan fingerprint density at radius 1 is 1.29 bits per heavy atom. The van der Waals surface area contributed by atoms with Gasteiger partial charge in [-0.1, -0.05) is 25.1 Å². The molecule has 1 aromatic carbocycles. The highest BCUT2D eigenvalue weighted by Crippen LogP contribution is 2.12. The Labute approximate surface area is 86.9 Å². The third-order valence-electron chi connectivity index (χ3n) is 2.49. The van der Waals surface area contributed by atoms with Crippen LogP contribution in [-0.2, 0) is 0 Å². The molecule has 78 valence electrons. The van der Waals surface area contributed by atoms with Crippen molar-refractivity contribution in [2.75, 3.05) is 32.0 Å². The highest BCUT2D eigenvalue weighted by Gasteiger charge is 1.96. The molecule has 0 saturated heterocycles. The van der Waals surface area contributed by atoms with Crippen LogP contribution in [0.1, 0.15) is 12.5 Å². The van der Waals surface area contributed by atoms with Gasteiger partial charge in [-0.25, -0.2) is 0 Å². The molecule has 0 aliphatic heterocycles. The van der Waals surface area contributed by atoms with Crippen LogP contribution >= 0.6 is 0 Å². The Bertz CT molecular complexity index is 271. The predicted molar refractivity (Wildman–Crippen MR) is 62.8 cm³/mol. The van der Waals surface area contributed by atoms with Crippen LogP contribution in [0.15, 0.2) is 24.3 Å². The van der Waals surface area contributed by atoms with Crippen LogP contribution in [-0.4, -0.2) is 31.6 Å². The lowest BCUT2D eigenvalue weighted by Gasteiger charge is -2.15. The zero-order valence-electron chi connectivity index (χ0n) is 9.38. The fourth-order valence-electron chi connectivity index (χ4n) is 1.31. The Morgan fingerprint density at radius 2 is 2.00 bits per heavy atom. The summed E-state index contributed by atoms with van der Waals surface area (Å²) in [6.07, 6.45) is 0. The average Bonchev–Trinajstić information content (AvgIpc) is 2.20. The van der Waals surface area contributed by atoms with Crippen molar-refractivity contribution in [3.8, 4) is 0 Å². The van der Waals surface area contributed by atoms with Crippen LogP contribution in [0.2, 0.25) is 0 Å².